The Morgan fingerprint density at radius 3 is 2.59 bits per heavy atom. The van der Waals surface area contributed by atoms with Crippen LogP contribution in [0, 0.1) is 24.1 Å². The van der Waals surface area contributed by atoms with E-state index in [1.165, 1.54) is 12.1 Å². The van der Waals surface area contributed by atoms with E-state index in [1.54, 1.807) is 12.1 Å². The Hall–Kier alpha value is -3.74. The highest BCUT2D eigenvalue weighted by Crippen LogP contribution is 2.34. The quantitative estimate of drug-likeness (QED) is 0.349. The molecule has 0 spiro atoms. The molecular weight excluding hydrogens is 397 g/mol. The molecule has 32 heavy (non-hydrogen) atoms. The Bertz CT molecular complexity index is 1200. The van der Waals surface area contributed by atoms with Crippen molar-refractivity contribution in [3.63, 3.8) is 0 Å². The number of ether oxygens (including phenoxy) is 1. The van der Waals surface area contributed by atoms with Crippen molar-refractivity contribution in [2.75, 3.05) is 0 Å². The Balaban J connectivity index is 2.06. The maximum absolute atomic E-state index is 13.6. The van der Waals surface area contributed by atoms with E-state index in [1.807, 2.05) is 80.6 Å². The zero-order valence-corrected chi connectivity index (χ0v) is 18.4. The van der Waals surface area contributed by atoms with Crippen molar-refractivity contribution < 1.29 is 9.13 Å². The molecule has 3 aromatic carbocycles. The highest BCUT2D eigenvalue weighted by molar-refractivity contribution is 5.74. The first-order chi connectivity index (χ1) is 15.6. The number of benzene rings is 3. The van der Waals surface area contributed by atoms with Crippen molar-refractivity contribution in [2.24, 2.45) is 0 Å². The first-order valence-corrected chi connectivity index (χ1v) is 10.5. The van der Waals surface area contributed by atoms with Gasteiger partial charge >= 0.3 is 0 Å². The Morgan fingerprint density at radius 1 is 1.09 bits per heavy atom. The summed E-state index contributed by atoms with van der Waals surface area (Å²) in [4.78, 5) is 0. The van der Waals surface area contributed by atoms with Crippen molar-refractivity contribution in [3.05, 3.63) is 131 Å². The lowest BCUT2D eigenvalue weighted by atomic mass is 9.91. The van der Waals surface area contributed by atoms with Gasteiger partial charge in [-0.2, -0.15) is 5.26 Å². The third-order valence-electron chi connectivity index (χ3n) is 5.27. The monoisotopic (exact) mass is 423 g/mol. The summed E-state index contributed by atoms with van der Waals surface area (Å²) in [6.45, 7) is 7.99. The minimum Gasteiger partial charge on any atom is -0.364 e. The van der Waals surface area contributed by atoms with Gasteiger partial charge in [0.1, 0.15) is 11.9 Å². The van der Waals surface area contributed by atoms with Crippen LogP contribution < -0.4 is 0 Å². The number of halogens is 1. The van der Waals surface area contributed by atoms with E-state index in [0.717, 1.165) is 33.4 Å². The summed E-state index contributed by atoms with van der Waals surface area (Å²) >= 11 is 0. The number of nitriles is 1. The molecule has 1 atom stereocenters. The van der Waals surface area contributed by atoms with Gasteiger partial charge < -0.3 is 4.74 Å². The van der Waals surface area contributed by atoms with Gasteiger partial charge in [0.25, 0.3) is 0 Å². The largest absolute Gasteiger partial charge is 0.364 e. The summed E-state index contributed by atoms with van der Waals surface area (Å²) in [5.41, 5.74) is 6.20. The van der Waals surface area contributed by atoms with Crippen LogP contribution in [0.2, 0.25) is 0 Å². The molecule has 0 radical (unpaired) electrons. The number of hydrogen-bond donors (Lipinski definition) is 0. The summed E-state index contributed by atoms with van der Waals surface area (Å²) < 4.78 is 20.0. The summed E-state index contributed by atoms with van der Waals surface area (Å²) in [6.07, 6.45) is 7.12. The average Bonchev–Trinajstić information content (AvgIpc) is 2.81. The van der Waals surface area contributed by atoms with Crippen LogP contribution in [-0.2, 0) is 11.3 Å². The predicted molar refractivity (Wildman–Crippen MR) is 128 cm³/mol. The van der Waals surface area contributed by atoms with Gasteiger partial charge in [-0.1, -0.05) is 73.3 Å². The lowest BCUT2D eigenvalue weighted by Gasteiger charge is -2.21. The van der Waals surface area contributed by atoms with E-state index >= 15 is 0 Å². The van der Waals surface area contributed by atoms with E-state index in [-0.39, 0.29) is 12.4 Å². The van der Waals surface area contributed by atoms with Gasteiger partial charge in [-0.05, 0) is 65.9 Å². The average molecular weight is 424 g/mol. The molecule has 3 rings (SSSR count). The van der Waals surface area contributed by atoms with Crippen LogP contribution in [0.4, 0.5) is 4.39 Å². The SMILES string of the molecule is C=C/C=C\C(=C/C)C(OCc1cccc(F)c1)c1ccc(C#N)c(-c2ccccc2C)c1. The molecule has 0 saturated heterocycles. The lowest BCUT2D eigenvalue weighted by Crippen LogP contribution is -2.08. The molecule has 0 saturated carbocycles. The maximum atomic E-state index is 13.6. The van der Waals surface area contributed by atoms with Crippen LogP contribution >= 0.6 is 0 Å². The minimum atomic E-state index is -0.394. The molecule has 0 aliphatic rings. The number of allylic oxidation sites excluding steroid dienone is 3. The van der Waals surface area contributed by atoms with Gasteiger partial charge in [-0.25, -0.2) is 4.39 Å². The Labute approximate surface area is 189 Å². The molecule has 2 nitrogen and oxygen atoms in total. The van der Waals surface area contributed by atoms with E-state index in [4.69, 9.17) is 4.74 Å². The summed E-state index contributed by atoms with van der Waals surface area (Å²) in [5.74, 6) is -0.291. The Kier molecular flexibility index (Phi) is 7.91. The highest BCUT2D eigenvalue weighted by atomic mass is 19.1. The van der Waals surface area contributed by atoms with E-state index in [0.29, 0.717) is 5.56 Å². The molecule has 3 aromatic rings. The molecule has 0 amide bonds. The number of nitrogens with zero attached hydrogens (tertiary/aromatic N) is 1. The summed E-state index contributed by atoms with van der Waals surface area (Å²) in [6, 6.07) is 22.5. The fraction of sp³-hybridized carbons (Fsp3) is 0.138. The molecule has 0 heterocycles. The van der Waals surface area contributed by atoms with Crippen molar-refractivity contribution in [1.29, 1.82) is 5.26 Å². The van der Waals surface area contributed by atoms with Crippen LogP contribution in [0.5, 0.6) is 0 Å². The maximum Gasteiger partial charge on any atom is 0.123 e. The highest BCUT2D eigenvalue weighted by Gasteiger charge is 2.18. The third kappa shape index (κ3) is 5.49. The number of hydrogen-bond acceptors (Lipinski definition) is 2. The molecule has 3 heteroatoms. The second-order valence-electron chi connectivity index (χ2n) is 7.44. The molecule has 160 valence electrons. The lowest BCUT2D eigenvalue weighted by molar-refractivity contribution is 0.0660. The molecule has 0 aliphatic carbocycles. The summed E-state index contributed by atoms with van der Waals surface area (Å²) in [7, 11) is 0. The van der Waals surface area contributed by atoms with Gasteiger partial charge in [0, 0.05) is 5.56 Å². The zero-order valence-electron chi connectivity index (χ0n) is 18.4. The molecule has 0 N–H and O–H groups in total. The van der Waals surface area contributed by atoms with Crippen LogP contribution in [-0.4, -0.2) is 0 Å². The van der Waals surface area contributed by atoms with Crippen molar-refractivity contribution >= 4 is 0 Å². The van der Waals surface area contributed by atoms with Crippen LogP contribution in [0.3, 0.4) is 0 Å². The van der Waals surface area contributed by atoms with Crippen molar-refractivity contribution in [2.45, 2.75) is 26.6 Å². The van der Waals surface area contributed by atoms with Gasteiger partial charge in [0.15, 0.2) is 0 Å². The van der Waals surface area contributed by atoms with E-state index < -0.39 is 6.10 Å². The number of rotatable bonds is 8. The topological polar surface area (TPSA) is 33.0 Å². The second-order valence-corrected chi connectivity index (χ2v) is 7.44. The summed E-state index contributed by atoms with van der Waals surface area (Å²) in [5, 5.41) is 9.70. The predicted octanol–water partition coefficient (Wildman–Crippen LogP) is 7.62. The van der Waals surface area contributed by atoms with Gasteiger partial charge in [-0.3, -0.25) is 0 Å². The smallest absolute Gasteiger partial charge is 0.123 e. The molecule has 1 unspecified atom stereocenters. The molecule has 0 aliphatic heterocycles. The van der Waals surface area contributed by atoms with Gasteiger partial charge in [0.05, 0.1) is 18.2 Å². The first kappa shape index (κ1) is 22.9. The van der Waals surface area contributed by atoms with Crippen LogP contribution in [0.1, 0.15) is 35.3 Å². The van der Waals surface area contributed by atoms with E-state index in [2.05, 4.69) is 12.6 Å². The first-order valence-electron chi connectivity index (χ1n) is 10.5. The van der Waals surface area contributed by atoms with Gasteiger partial charge in [0.2, 0.25) is 0 Å². The van der Waals surface area contributed by atoms with Crippen LogP contribution in [0.25, 0.3) is 11.1 Å². The van der Waals surface area contributed by atoms with Crippen LogP contribution in [0.15, 0.2) is 103 Å². The molecule has 0 aromatic heterocycles. The van der Waals surface area contributed by atoms with Crippen molar-refractivity contribution in [3.8, 4) is 17.2 Å². The molecular formula is C29H26FNO. The normalized spacial score (nSPS) is 12.5. The third-order valence-corrected chi connectivity index (χ3v) is 5.27. The van der Waals surface area contributed by atoms with E-state index in [9.17, 15) is 9.65 Å². The molecule has 0 bridgehead atoms. The second kappa shape index (κ2) is 11.0. The van der Waals surface area contributed by atoms with Gasteiger partial charge in [-0.15, -0.1) is 0 Å². The van der Waals surface area contributed by atoms with Crippen molar-refractivity contribution in [1.82, 2.24) is 0 Å². The standard InChI is InChI=1S/C29H26FNO/c1-4-6-12-23(5-2)29(32-20-22-11-9-13-26(30)17-22)24-15-16-25(19-31)28(18-24)27-14-8-7-10-21(27)3/h4-18,29H,1,20H2,2-3H3/b12-6-,23-5+. The molecule has 0 fully saturated rings. The minimum absolute atomic E-state index is 0.251. The number of aryl methyl sites for hydroxylation is 1. The Morgan fingerprint density at radius 2 is 1.91 bits per heavy atom. The zero-order chi connectivity index (χ0) is 22.9. The fourth-order valence-corrected chi connectivity index (χ4v) is 3.63. The fourth-order valence-electron chi connectivity index (χ4n) is 3.63.